The lowest BCUT2D eigenvalue weighted by Gasteiger charge is -2.36. The second kappa shape index (κ2) is 5.72. The summed E-state index contributed by atoms with van der Waals surface area (Å²) in [6, 6.07) is 9.78. The largest absolute Gasteiger partial charge is 0.381 e. The van der Waals surface area contributed by atoms with Gasteiger partial charge in [-0.1, -0.05) is 12.1 Å². The zero-order chi connectivity index (χ0) is 13.1. The van der Waals surface area contributed by atoms with Crippen LogP contribution in [0.4, 0.5) is 5.69 Å². The summed E-state index contributed by atoms with van der Waals surface area (Å²) < 4.78 is 5.30. The molecule has 0 bridgehead atoms. The molecule has 1 unspecified atom stereocenters. The number of hydrogen-bond donors (Lipinski definition) is 1. The second-order valence-corrected chi connectivity index (χ2v) is 5.40. The molecule has 1 N–H and O–H groups in total. The molecule has 3 nitrogen and oxygen atoms in total. The van der Waals surface area contributed by atoms with Crippen molar-refractivity contribution in [3.8, 4) is 0 Å². The minimum atomic E-state index is 0.406. The first-order chi connectivity index (χ1) is 8.60. The van der Waals surface area contributed by atoms with E-state index in [4.69, 9.17) is 4.74 Å². The molecule has 0 radical (unpaired) electrons. The lowest BCUT2D eigenvalue weighted by atomic mass is 9.88. The molecule has 1 aliphatic rings. The molecular weight excluding hydrogens is 224 g/mol. The SMILES string of the molecule is COC1CC(NC(C)c2ccc(N(C)C)cc2)C1. The molecule has 18 heavy (non-hydrogen) atoms. The number of benzene rings is 1. The Morgan fingerprint density at radius 2 is 1.83 bits per heavy atom. The van der Waals surface area contributed by atoms with Crippen LogP contribution in [0, 0.1) is 0 Å². The van der Waals surface area contributed by atoms with Crippen LogP contribution in [0.25, 0.3) is 0 Å². The van der Waals surface area contributed by atoms with Crippen LogP contribution >= 0.6 is 0 Å². The first-order valence-corrected chi connectivity index (χ1v) is 6.66. The topological polar surface area (TPSA) is 24.5 Å². The standard InChI is InChI=1S/C15H24N2O/c1-11(16-13-9-15(10-13)18-4)12-5-7-14(8-6-12)17(2)3/h5-8,11,13,15-16H,9-10H2,1-4H3. The zero-order valence-electron chi connectivity index (χ0n) is 11.8. The molecule has 1 atom stereocenters. The lowest BCUT2D eigenvalue weighted by Crippen LogP contribution is -2.45. The van der Waals surface area contributed by atoms with Gasteiger partial charge in [-0.25, -0.2) is 0 Å². The van der Waals surface area contributed by atoms with Crippen molar-refractivity contribution in [3.63, 3.8) is 0 Å². The van der Waals surface area contributed by atoms with Crippen LogP contribution in [-0.4, -0.2) is 33.4 Å². The van der Waals surface area contributed by atoms with E-state index in [0.29, 0.717) is 18.2 Å². The van der Waals surface area contributed by atoms with Crippen molar-refractivity contribution in [3.05, 3.63) is 29.8 Å². The smallest absolute Gasteiger partial charge is 0.0601 e. The monoisotopic (exact) mass is 248 g/mol. The van der Waals surface area contributed by atoms with Gasteiger partial charge in [-0.2, -0.15) is 0 Å². The first-order valence-electron chi connectivity index (χ1n) is 6.66. The van der Waals surface area contributed by atoms with Crippen molar-refractivity contribution in [2.24, 2.45) is 0 Å². The van der Waals surface area contributed by atoms with Gasteiger partial charge in [-0.05, 0) is 37.5 Å². The molecule has 2 rings (SSSR count). The van der Waals surface area contributed by atoms with Gasteiger partial charge in [0.05, 0.1) is 6.10 Å². The summed E-state index contributed by atoms with van der Waals surface area (Å²) in [6.45, 7) is 2.23. The number of nitrogens with one attached hydrogen (secondary N) is 1. The van der Waals surface area contributed by atoms with Gasteiger partial charge < -0.3 is 15.0 Å². The Hall–Kier alpha value is -1.06. The molecule has 0 spiro atoms. The lowest BCUT2D eigenvalue weighted by molar-refractivity contribution is 0.0147. The quantitative estimate of drug-likeness (QED) is 0.867. The first kappa shape index (κ1) is 13.4. The van der Waals surface area contributed by atoms with E-state index in [1.54, 1.807) is 7.11 Å². The van der Waals surface area contributed by atoms with E-state index in [-0.39, 0.29) is 0 Å². The summed E-state index contributed by atoms with van der Waals surface area (Å²) in [7, 11) is 5.93. The average molecular weight is 248 g/mol. The maximum absolute atomic E-state index is 5.30. The maximum atomic E-state index is 5.30. The number of anilines is 1. The van der Waals surface area contributed by atoms with Crippen LogP contribution in [0.5, 0.6) is 0 Å². The molecule has 100 valence electrons. The van der Waals surface area contributed by atoms with Crippen LogP contribution in [0.2, 0.25) is 0 Å². The molecule has 1 fully saturated rings. The molecule has 0 heterocycles. The maximum Gasteiger partial charge on any atom is 0.0601 e. The molecule has 1 aliphatic carbocycles. The normalized spacial score (nSPS) is 24.4. The minimum Gasteiger partial charge on any atom is -0.381 e. The van der Waals surface area contributed by atoms with Crippen LogP contribution in [0.3, 0.4) is 0 Å². The third kappa shape index (κ3) is 3.03. The van der Waals surface area contributed by atoms with Gasteiger partial charge in [0.1, 0.15) is 0 Å². The summed E-state index contributed by atoms with van der Waals surface area (Å²) in [5.74, 6) is 0. The van der Waals surface area contributed by atoms with E-state index < -0.39 is 0 Å². The van der Waals surface area contributed by atoms with Gasteiger partial charge in [-0.15, -0.1) is 0 Å². The van der Waals surface area contributed by atoms with Crippen LogP contribution in [-0.2, 0) is 4.74 Å². The fourth-order valence-corrected chi connectivity index (χ4v) is 2.41. The third-order valence-corrected chi connectivity index (χ3v) is 3.82. The molecule has 1 aromatic carbocycles. The second-order valence-electron chi connectivity index (χ2n) is 5.40. The highest BCUT2D eigenvalue weighted by Gasteiger charge is 2.29. The summed E-state index contributed by atoms with van der Waals surface area (Å²) in [5.41, 5.74) is 2.59. The Kier molecular flexibility index (Phi) is 4.25. The highest BCUT2D eigenvalue weighted by atomic mass is 16.5. The van der Waals surface area contributed by atoms with Crippen molar-refractivity contribution < 1.29 is 4.74 Å². The van der Waals surface area contributed by atoms with Gasteiger partial charge >= 0.3 is 0 Å². The minimum absolute atomic E-state index is 0.406. The Labute approximate surface area is 110 Å². The predicted molar refractivity (Wildman–Crippen MR) is 76.1 cm³/mol. The van der Waals surface area contributed by atoms with E-state index in [2.05, 4.69) is 55.5 Å². The van der Waals surface area contributed by atoms with E-state index in [1.807, 2.05) is 0 Å². The molecule has 0 aliphatic heterocycles. The van der Waals surface area contributed by atoms with Crippen LogP contribution in [0.15, 0.2) is 24.3 Å². The molecule has 1 saturated carbocycles. The van der Waals surface area contributed by atoms with Crippen molar-refractivity contribution in [2.45, 2.75) is 38.0 Å². The molecule has 0 amide bonds. The van der Waals surface area contributed by atoms with Gasteiger partial charge in [0, 0.05) is 39.0 Å². The fourth-order valence-electron chi connectivity index (χ4n) is 2.41. The van der Waals surface area contributed by atoms with Crippen molar-refractivity contribution >= 4 is 5.69 Å². The number of ether oxygens (including phenoxy) is 1. The number of methoxy groups -OCH3 is 1. The van der Waals surface area contributed by atoms with E-state index in [1.165, 1.54) is 11.3 Å². The number of nitrogens with zero attached hydrogens (tertiary/aromatic N) is 1. The van der Waals surface area contributed by atoms with Crippen molar-refractivity contribution in [2.75, 3.05) is 26.1 Å². The highest BCUT2D eigenvalue weighted by Crippen LogP contribution is 2.26. The van der Waals surface area contributed by atoms with E-state index in [0.717, 1.165) is 12.8 Å². The summed E-state index contributed by atoms with van der Waals surface area (Å²) in [5, 5.41) is 3.65. The average Bonchev–Trinajstić information content (AvgIpc) is 2.33. The molecule has 0 aromatic heterocycles. The summed E-state index contributed by atoms with van der Waals surface area (Å²) in [4.78, 5) is 2.12. The fraction of sp³-hybridized carbons (Fsp3) is 0.600. The van der Waals surface area contributed by atoms with Crippen LogP contribution in [0.1, 0.15) is 31.4 Å². The summed E-state index contributed by atoms with van der Waals surface area (Å²) >= 11 is 0. The van der Waals surface area contributed by atoms with Crippen molar-refractivity contribution in [1.29, 1.82) is 0 Å². The van der Waals surface area contributed by atoms with Gasteiger partial charge in [0.2, 0.25) is 0 Å². The molecule has 0 saturated heterocycles. The van der Waals surface area contributed by atoms with E-state index in [9.17, 15) is 0 Å². The Morgan fingerprint density at radius 3 is 2.33 bits per heavy atom. The highest BCUT2D eigenvalue weighted by molar-refractivity contribution is 5.46. The van der Waals surface area contributed by atoms with Gasteiger partial charge in [0.15, 0.2) is 0 Å². The van der Waals surface area contributed by atoms with Gasteiger partial charge in [-0.3, -0.25) is 0 Å². The molecule has 1 aromatic rings. The Bertz CT molecular complexity index is 369. The summed E-state index contributed by atoms with van der Waals surface area (Å²) in [6.07, 6.45) is 2.73. The number of rotatable bonds is 5. The van der Waals surface area contributed by atoms with Gasteiger partial charge in [0.25, 0.3) is 0 Å². The predicted octanol–water partition coefficient (Wildman–Crippen LogP) is 2.58. The van der Waals surface area contributed by atoms with E-state index >= 15 is 0 Å². The van der Waals surface area contributed by atoms with Crippen LogP contribution < -0.4 is 10.2 Å². The Morgan fingerprint density at radius 1 is 1.22 bits per heavy atom. The molecule has 3 heteroatoms. The zero-order valence-corrected chi connectivity index (χ0v) is 11.8. The van der Waals surface area contributed by atoms with Crippen molar-refractivity contribution in [1.82, 2.24) is 5.32 Å². The Balaban J connectivity index is 1.87. The molecular formula is C15H24N2O. The number of hydrogen-bond acceptors (Lipinski definition) is 3. The third-order valence-electron chi connectivity index (χ3n) is 3.82.